The van der Waals surface area contributed by atoms with Gasteiger partial charge in [-0.3, -0.25) is 4.98 Å². The van der Waals surface area contributed by atoms with Gasteiger partial charge in [-0.25, -0.2) is 0 Å². The molecule has 1 atom stereocenters. The highest BCUT2D eigenvalue weighted by molar-refractivity contribution is 7.10. The summed E-state index contributed by atoms with van der Waals surface area (Å²) < 4.78 is 0. The van der Waals surface area contributed by atoms with E-state index < -0.39 is 0 Å². The maximum absolute atomic E-state index is 4.46. The van der Waals surface area contributed by atoms with Crippen LogP contribution in [0, 0.1) is 0 Å². The number of aryl methyl sites for hydroxylation is 1. The maximum atomic E-state index is 4.46. The van der Waals surface area contributed by atoms with Gasteiger partial charge in [-0.2, -0.15) is 0 Å². The molecule has 1 unspecified atom stereocenters. The van der Waals surface area contributed by atoms with Gasteiger partial charge in [0.2, 0.25) is 0 Å². The lowest BCUT2D eigenvalue weighted by Crippen LogP contribution is -2.18. The standard InChI is InChI=1S/C17H18N2S/c1-3-12-9-11-20-17(12)16(18-2)14-6-4-8-15-13(14)7-5-10-19-15/h4-11,16,18H,3H2,1-2H3. The molecule has 1 N–H and O–H groups in total. The number of nitrogens with zero attached hydrogens (tertiary/aromatic N) is 1. The first-order valence-electron chi connectivity index (χ1n) is 6.92. The predicted molar refractivity (Wildman–Crippen MR) is 86.3 cm³/mol. The highest BCUT2D eigenvalue weighted by Crippen LogP contribution is 2.33. The normalized spacial score (nSPS) is 12.7. The minimum Gasteiger partial charge on any atom is -0.309 e. The highest BCUT2D eigenvalue weighted by Gasteiger charge is 2.18. The van der Waals surface area contributed by atoms with Crippen LogP contribution in [0.15, 0.2) is 48.0 Å². The lowest BCUT2D eigenvalue weighted by molar-refractivity contribution is 0.702. The van der Waals surface area contributed by atoms with E-state index in [0.717, 1.165) is 11.9 Å². The second kappa shape index (κ2) is 5.73. The Labute approximate surface area is 123 Å². The van der Waals surface area contributed by atoms with Crippen LogP contribution < -0.4 is 5.32 Å². The van der Waals surface area contributed by atoms with Crippen molar-refractivity contribution in [1.82, 2.24) is 10.3 Å². The van der Waals surface area contributed by atoms with Crippen LogP contribution in [0.4, 0.5) is 0 Å². The Balaban J connectivity index is 2.17. The van der Waals surface area contributed by atoms with Crippen molar-refractivity contribution < 1.29 is 0 Å². The molecular weight excluding hydrogens is 264 g/mol. The average molecular weight is 282 g/mol. The second-order valence-electron chi connectivity index (χ2n) is 4.80. The summed E-state index contributed by atoms with van der Waals surface area (Å²) in [6.07, 6.45) is 2.92. The molecule has 3 rings (SSSR count). The van der Waals surface area contributed by atoms with Gasteiger partial charge in [0.15, 0.2) is 0 Å². The van der Waals surface area contributed by atoms with E-state index in [9.17, 15) is 0 Å². The van der Waals surface area contributed by atoms with Crippen LogP contribution in [0.3, 0.4) is 0 Å². The van der Waals surface area contributed by atoms with E-state index in [4.69, 9.17) is 0 Å². The van der Waals surface area contributed by atoms with Crippen molar-refractivity contribution in [2.75, 3.05) is 7.05 Å². The first kappa shape index (κ1) is 13.3. The molecule has 0 bridgehead atoms. The van der Waals surface area contributed by atoms with E-state index in [1.54, 1.807) is 0 Å². The first-order valence-corrected chi connectivity index (χ1v) is 7.80. The SMILES string of the molecule is CCc1ccsc1C(NC)c1cccc2ncccc12. The van der Waals surface area contributed by atoms with Crippen LogP contribution in [-0.4, -0.2) is 12.0 Å². The molecule has 0 amide bonds. The minimum absolute atomic E-state index is 0.234. The summed E-state index contributed by atoms with van der Waals surface area (Å²) in [5.74, 6) is 0. The molecule has 0 aliphatic rings. The summed E-state index contributed by atoms with van der Waals surface area (Å²) in [5, 5.41) is 6.88. The predicted octanol–water partition coefficient (Wildman–Crippen LogP) is 4.17. The third kappa shape index (κ3) is 2.23. The van der Waals surface area contributed by atoms with E-state index >= 15 is 0 Å². The Bertz CT molecular complexity index is 712. The number of nitrogens with one attached hydrogen (secondary N) is 1. The number of rotatable bonds is 4. The summed E-state index contributed by atoms with van der Waals surface area (Å²) in [5.41, 5.74) is 3.78. The van der Waals surface area contributed by atoms with Crippen LogP contribution in [0.25, 0.3) is 10.9 Å². The molecule has 0 radical (unpaired) electrons. The molecule has 0 aliphatic carbocycles. The van der Waals surface area contributed by atoms with Crippen molar-refractivity contribution in [3.63, 3.8) is 0 Å². The third-order valence-electron chi connectivity index (χ3n) is 3.70. The average Bonchev–Trinajstić information content (AvgIpc) is 2.97. The van der Waals surface area contributed by atoms with Gasteiger partial charge in [0.25, 0.3) is 0 Å². The van der Waals surface area contributed by atoms with E-state index in [0.29, 0.717) is 0 Å². The minimum atomic E-state index is 0.234. The molecule has 2 aromatic heterocycles. The van der Waals surface area contributed by atoms with Gasteiger partial charge in [0.1, 0.15) is 0 Å². The molecule has 3 aromatic rings. The van der Waals surface area contributed by atoms with Gasteiger partial charge in [-0.15, -0.1) is 11.3 Å². The van der Waals surface area contributed by atoms with E-state index in [2.05, 4.69) is 52.9 Å². The van der Waals surface area contributed by atoms with Crippen LogP contribution in [-0.2, 0) is 6.42 Å². The Kier molecular flexibility index (Phi) is 3.81. The summed E-state index contributed by atoms with van der Waals surface area (Å²) in [7, 11) is 2.03. The molecule has 1 aromatic carbocycles. The van der Waals surface area contributed by atoms with Crippen molar-refractivity contribution in [2.45, 2.75) is 19.4 Å². The molecule has 20 heavy (non-hydrogen) atoms. The van der Waals surface area contributed by atoms with Crippen molar-refractivity contribution in [3.8, 4) is 0 Å². The van der Waals surface area contributed by atoms with Gasteiger partial charge in [-0.1, -0.05) is 25.1 Å². The fourth-order valence-corrected chi connectivity index (χ4v) is 3.82. The molecule has 2 nitrogen and oxygen atoms in total. The zero-order valence-electron chi connectivity index (χ0n) is 11.8. The monoisotopic (exact) mass is 282 g/mol. The van der Waals surface area contributed by atoms with Crippen molar-refractivity contribution in [3.05, 3.63) is 64.0 Å². The Morgan fingerprint density at radius 3 is 2.90 bits per heavy atom. The third-order valence-corrected chi connectivity index (χ3v) is 4.73. The molecule has 0 saturated carbocycles. The van der Waals surface area contributed by atoms with E-state index in [1.807, 2.05) is 30.6 Å². The number of hydrogen-bond donors (Lipinski definition) is 1. The lowest BCUT2D eigenvalue weighted by atomic mass is 9.97. The molecule has 0 saturated heterocycles. The number of pyridine rings is 1. The fourth-order valence-electron chi connectivity index (χ4n) is 2.70. The molecule has 3 heteroatoms. The van der Waals surface area contributed by atoms with Gasteiger partial charge in [-0.05, 0) is 48.2 Å². The first-order chi connectivity index (χ1) is 9.85. The lowest BCUT2D eigenvalue weighted by Gasteiger charge is -2.19. The van der Waals surface area contributed by atoms with Gasteiger partial charge >= 0.3 is 0 Å². The van der Waals surface area contributed by atoms with Crippen molar-refractivity contribution in [1.29, 1.82) is 0 Å². The van der Waals surface area contributed by atoms with Gasteiger partial charge in [0.05, 0.1) is 11.6 Å². The van der Waals surface area contributed by atoms with E-state index in [1.165, 1.54) is 21.4 Å². The quantitative estimate of drug-likeness (QED) is 0.777. The number of hydrogen-bond acceptors (Lipinski definition) is 3. The van der Waals surface area contributed by atoms with Crippen LogP contribution >= 0.6 is 11.3 Å². The number of aromatic nitrogens is 1. The number of fused-ring (bicyclic) bond motifs is 1. The molecule has 0 fully saturated rings. The van der Waals surface area contributed by atoms with Gasteiger partial charge in [0, 0.05) is 16.5 Å². The Morgan fingerprint density at radius 2 is 2.10 bits per heavy atom. The van der Waals surface area contributed by atoms with Gasteiger partial charge < -0.3 is 5.32 Å². The summed E-state index contributed by atoms with van der Waals surface area (Å²) >= 11 is 1.83. The van der Waals surface area contributed by atoms with Crippen LogP contribution in [0.1, 0.15) is 29.0 Å². The molecule has 0 aliphatic heterocycles. The second-order valence-corrected chi connectivity index (χ2v) is 5.75. The molecule has 2 heterocycles. The highest BCUT2D eigenvalue weighted by atomic mass is 32.1. The van der Waals surface area contributed by atoms with Crippen LogP contribution in [0.2, 0.25) is 0 Å². The largest absolute Gasteiger partial charge is 0.309 e. The zero-order chi connectivity index (χ0) is 13.9. The Morgan fingerprint density at radius 1 is 1.20 bits per heavy atom. The summed E-state index contributed by atoms with van der Waals surface area (Å²) in [4.78, 5) is 5.87. The Hall–Kier alpha value is -1.71. The van der Waals surface area contributed by atoms with E-state index in [-0.39, 0.29) is 6.04 Å². The maximum Gasteiger partial charge on any atom is 0.0705 e. The molecule has 0 spiro atoms. The van der Waals surface area contributed by atoms with Crippen LogP contribution in [0.5, 0.6) is 0 Å². The topological polar surface area (TPSA) is 24.9 Å². The number of thiophene rings is 1. The summed E-state index contributed by atoms with van der Waals surface area (Å²) in [6.45, 7) is 2.21. The summed E-state index contributed by atoms with van der Waals surface area (Å²) in [6, 6.07) is 13.0. The van der Waals surface area contributed by atoms with Crippen molar-refractivity contribution >= 4 is 22.2 Å². The number of benzene rings is 1. The molecular formula is C17H18N2S. The smallest absolute Gasteiger partial charge is 0.0705 e. The van der Waals surface area contributed by atoms with Crippen molar-refractivity contribution in [2.24, 2.45) is 0 Å². The fraction of sp³-hybridized carbons (Fsp3) is 0.235. The molecule has 102 valence electrons. The zero-order valence-corrected chi connectivity index (χ0v) is 12.6.